The van der Waals surface area contributed by atoms with Crippen LogP contribution in [0.4, 0.5) is 4.39 Å². The number of amides is 1. The maximum atomic E-state index is 14.6. The first-order valence-electron chi connectivity index (χ1n) is 8.69. The van der Waals surface area contributed by atoms with Gasteiger partial charge in [-0.15, -0.1) is 0 Å². The van der Waals surface area contributed by atoms with Crippen molar-refractivity contribution in [1.29, 1.82) is 0 Å². The number of aliphatic hydroxyl groups excluding tert-OH is 3. The Labute approximate surface area is 147 Å². The number of aliphatic hydroxyl groups is 3. The van der Waals surface area contributed by atoms with Crippen LogP contribution in [0.1, 0.15) is 18.9 Å². The maximum absolute atomic E-state index is 14.6. The van der Waals surface area contributed by atoms with Gasteiger partial charge in [0.15, 0.2) is 6.17 Å². The molecule has 5 atom stereocenters. The zero-order chi connectivity index (χ0) is 18.4. The van der Waals surface area contributed by atoms with E-state index in [0.717, 1.165) is 12.0 Å². The number of aryl methyl sites for hydroxylation is 1. The molecule has 1 heterocycles. The van der Waals surface area contributed by atoms with Gasteiger partial charge >= 0.3 is 0 Å². The van der Waals surface area contributed by atoms with Gasteiger partial charge in [-0.1, -0.05) is 30.3 Å². The number of rotatable bonds is 7. The largest absolute Gasteiger partial charge is 0.395 e. The minimum Gasteiger partial charge on any atom is -0.395 e. The van der Waals surface area contributed by atoms with E-state index in [1.165, 1.54) is 4.90 Å². The Kier molecular flexibility index (Phi) is 7.31. The van der Waals surface area contributed by atoms with Gasteiger partial charge in [-0.3, -0.25) is 9.69 Å². The summed E-state index contributed by atoms with van der Waals surface area (Å²) in [7, 11) is 0. The Morgan fingerprint density at radius 1 is 1.24 bits per heavy atom. The number of benzene rings is 1. The second kappa shape index (κ2) is 9.24. The zero-order valence-electron chi connectivity index (χ0n) is 14.4. The van der Waals surface area contributed by atoms with Crippen LogP contribution in [0.15, 0.2) is 30.3 Å². The van der Waals surface area contributed by atoms with Gasteiger partial charge in [0.25, 0.3) is 0 Å². The van der Waals surface area contributed by atoms with Crippen molar-refractivity contribution in [1.82, 2.24) is 10.2 Å². The normalized spacial score (nSPS) is 30.2. The summed E-state index contributed by atoms with van der Waals surface area (Å²) in [5.41, 5.74) is 1.12. The fourth-order valence-corrected chi connectivity index (χ4v) is 3.39. The molecule has 1 aliphatic rings. The minimum atomic E-state index is -1.92. The van der Waals surface area contributed by atoms with Crippen molar-refractivity contribution in [3.8, 4) is 0 Å². The monoisotopic (exact) mass is 354 g/mol. The predicted octanol–water partition coefficient (Wildman–Crippen LogP) is -0.140. The third-order valence-electron chi connectivity index (χ3n) is 4.69. The van der Waals surface area contributed by atoms with Crippen molar-refractivity contribution in [2.75, 3.05) is 19.7 Å². The summed E-state index contributed by atoms with van der Waals surface area (Å²) in [6, 6.07) is 7.64. The van der Waals surface area contributed by atoms with E-state index >= 15 is 0 Å². The third kappa shape index (κ3) is 4.55. The highest BCUT2D eigenvalue weighted by Gasteiger charge is 2.50. The van der Waals surface area contributed by atoms with Crippen LogP contribution < -0.4 is 5.32 Å². The number of hydrogen-bond donors (Lipinski definition) is 4. The van der Waals surface area contributed by atoms with E-state index < -0.39 is 43.0 Å². The molecular weight excluding hydrogens is 327 g/mol. The summed E-state index contributed by atoms with van der Waals surface area (Å²) in [5.74, 6) is -0.542. The first-order chi connectivity index (χ1) is 12.0. The number of likely N-dealkylation sites (N-methyl/N-ethyl adjacent to an activating group) is 1. The lowest BCUT2D eigenvalue weighted by Gasteiger charge is -2.47. The van der Waals surface area contributed by atoms with E-state index in [-0.39, 0.29) is 0 Å². The maximum Gasteiger partial charge on any atom is 0.240 e. The highest BCUT2D eigenvalue weighted by molar-refractivity contribution is 5.82. The van der Waals surface area contributed by atoms with Gasteiger partial charge in [0, 0.05) is 6.54 Å². The topological polar surface area (TPSA) is 93.0 Å². The average molecular weight is 354 g/mol. The molecule has 0 radical (unpaired) electrons. The number of hydrogen-bond acceptors (Lipinski definition) is 5. The van der Waals surface area contributed by atoms with Crippen LogP contribution in [0.3, 0.4) is 0 Å². The number of carbonyl (C=O) groups is 1. The predicted molar refractivity (Wildman–Crippen MR) is 91.7 cm³/mol. The molecule has 6 nitrogen and oxygen atoms in total. The van der Waals surface area contributed by atoms with E-state index in [1.807, 2.05) is 30.3 Å². The van der Waals surface area contributed by atoms with Crippen LogP contribution in [-0.4, -0.2) is 76.3 Å². The van der Waals surface area contributed by atoms with Crippen molar-refractivity contribution >= 4 is 5.91 Å². The van der Waals surface area contributed by atoms with Gasteiger partial charge in [-0.25, -0.2) is 4.39 Å². The summed E-state index contributed by atoms with van der Waals surface area (Å²) < 4.78 is 14.6. The molecule has 0 aromatic heterocycles. The fourth-order valence-electron chi connectivity index (χ4n) is 3.39. The van der Waals surface area contributed by atoms with Gasteiger partial charge in [0.2, 0.25) is 5.91 Å². The SMILES string of the molecule is CCNC(=O)[C@@H]1[C@H](F)[C@@H](O)[C@H](O)[C@@H](CO)N1CCCc1ccccc1. The Morgan fingerprint density at radius 2 is 1.92 bits per heavy atom. The number of nitrogens with zero attached hydrogens (tertiary/aromatic N) is 1. The second-order valence-corrected chi connectivity index (χ2v) is 6.34. The molecule has 0 bridgehead atoms. The van der Waals surface area contributed by atoms with Crippen molar-refractivity contribution in [3.05, 3.63) is 35.9 Å². The standard InChI is InChI=1S/C18H27FN2O4/c1-2-20-18(25)15-14(19)17(24)16(23)13(11-22)21(15)10-6-9-12-7-4-3-5-8-12/h3-5,7-8,13-17,22-24H,2,6,9-11H2,1H3,(H,20,25)/t13-,14+,15+,16-,17-/m1/s1. The number of nitrogens with one attached hydrogen (secondary N) is 1. The van der Waals surface area contributed by atoms with Crippen molar-refractivity contribution < 1.29 is 24.5 Å². The lowest BCUT2D eigenvalue weighted by molar-refractivity contribution is -0.164. The Morgan fingerprint density at radius 3 is 2.52 bits per heavy atom. The minimum absolute atomic E-state index is 0.326. The number of halogens is 1. The summed E-state index contributed by atoms with van der Waals surface area (Å²) in [5, 5.41) is 32.2. The van der Waals surface area contributed by atoms with Crippen LogP contribution in [0.2, 0.25) is 0 Å². The van der Waals surface area contributed by atoms with Crippen LogP contribution in [0.5, 0.6) is 0 Å². The molecular formula is C18H27FN2O4. The van der Waals surface area contributed by atoms with Crippen LogP contribution in [0, 0.1) is 0 Å². The lowest BCUT2D eigenvalue weighted by atomic mass is 9.88. The molecule has 140 valence electrons. The highest BCUT2D eigenvalue weighted by atomic mass is 19.1. The second-order valence-electron chi connectivity index (χ2n) is 6.34. The quantitative estimate of drug-likeness (QED) is 0.547. The molecule has 1 aliphatic heterocycles. The van der Waals surface area contributed by atoms with E-state index in [1.54, 1.807) is 6.92 Å². The molecule has 0 aliphatic carbocycles. The first kappa shape index (κ1) is 19.8. The third-order valence-corrected chi connectivity index (χ3v) is 4.69. The average Bonchev–Trinajstić information content (AvgIpc) is 2.61. The molecule has 0 spiro atoms. The van der Waals surface area contributed by atoms with Gasteiger partial charge in [-0.2, -0.15) is 0 Å². The zero-order valence-corrected chi connectivity index (χ0v) is 14.4. The van der Waals surface area contributed by atoms with Gasteiger partial charge in [0.05, 0.1) is 12.6 Å². The molecule has 2 rings (SSSR count). The summed E-state index contributed by atoms with van der Waals surface area (Å²) >= 11 is 0. The molecule has 1 fully saturated rings. The summed E-state index contributed by atoms with van der Waals surface area (Å²) in [6.45, 7) is 1.92. The van der Waals surface area contributed by atoms with E-state index in [0.29, 0.717) is 19.5 Å². The van der Waals surface area contributed by atoms with Crippen LogP contribution >= 0.6 is 0 Å². The Hall–Kier alpha value is -1.54. The van der Waals surface area contributed by atoms with Gasteiger partial charge in [0.1, 0.15) is 18.2 Å². The van der Waals surface area contributed by atoms with Crippen LogP contribution in [-0.2, 0) is 11.2 Å². The molecule has 1 aromatic rings. The van der Waals surface area contributed by atoms with Gasteiger partial charge in [-0.05, 0) is 31.9 Å². The van der Waals surface area contributed by atoms with Crippen molar-refractivity contribution in [3.63, 3.8) is 0 Å². The van der Waals surface area contributed by atoms with Crippen LogP contribution in [0.25, 0.3) is 0 Å². The fraction of sp³-hybridized carbons (Fsp3) is 0.611. The molecule has 25 heavy (non-hydrogen) atoms. The molecule has 7 heteroatoms. The number of piperidine rings is 1. The van der Waals surface area contributed by atoms with E-state index in [4.69, 9.17) is 0 Å². The highest BCUT2D eigenvalue weighted by Crippen LogP contribution is 2.27. The summed E-state index contributed by atoms with van der Waals surface area (Å²) in [6.07, 6.45) is -3.70. The molecule has 1 saturated heterocycles. The van der Waals surface area contributed by atoms with Gasteiger partial charge < -0.3 is 20.6 Å². The summed E-state index contributed by atoms with van der Waals surface area (Å²) in [4.78, 5) is 13.8. The smallest absolute Gasteiger partial charge is 0.240 e. The molecule has 1 amide bonds. The van der Waals surface area contributed by atoms with E-state index in [2.05, 4.69) is 5.32 Å². The molecule has 0 unspecified atom stereocenters. The lowest BCUT2D eigenvalue weighted by Crippen LogP contribution is -2.69. The van der Waals surface area contributed by atoms with E-state index in [9.17, 15) is 24.5 Å². The molecule has 4 N–H and O–H groups in total. The number of likely N-dealkylation sites (tertiary alicyclic amines) is 1. The van der Waals surface area contributed by atoms with Crippen molar-refractivity contribution in [2.45, 2.75) is 50.2 Å². The Bertz CT molecular complexity index is 545. The number of carbonyl (C=O) groups excluding carboxylic acids is 1. The molecule has 0 saturated carbocycles. The number of alkyl halides is 1. The van der Waals surface area contributed by atoms with Crippen molar-refractivity contribution in [2.24, 2.45) is 0 Å². The molecule has 1 aromatic carbocycles. The Balaban J connectivity index is 2.13. The first-order valence-corrected chi connectivity index (χ1v) is 8.69.